The molecule has 1 amide bonds. The van der Waals surface area contributed by atoms with Crippen molar-refractivity contribution in [1.29, 1.82) is 0 Å². The van der Waals surface area contributed by atoms with Crippen LogP contribution in [0.3, 0.4) is 0 Å². The molecule has 1 atom stereocenters. The van der Waals surface area contributed by atoms with Crippen molar-refractivity contribution < 1.29 is 9.53 Å². The highest BCUT2D eigenvalue weighted by Gasteiger charge is 2.31. The fraction of sp³-hybridized carbons (Fsp3) is 0.529. The van der Waals surface area contributed by atoms with Crippen LogP contribution in [0.2, 0.25) is 0 Å². The number of morpholine rings is 1. The number of nitrogens with zero attached hydrogens (tertiary/aromatic N) is 4. The van der Waals surface area contributed by atoms with Gasteiger partial charge in [-0.25, -0.2) is 4.98 Å². The van der Waals surface area contributed by atoms with E-state index in [0.717, 1.165) is 23.3 Å². The first-order chi connectivity index (χ1) is 12.3. The Morgan fingerprint density at radius 3 is 3.08 bits per heavy atom. The molecule has 1 saturated heterocycles. The van der Waals surface area contributed by atoms with Gasteiger partial charge in [0.15, 0.2) is 5.13 Å². The number of hydrogen-bond acceptors (Lipinski definition) is 7. The van der Waals surface area contributed by atoms with Crippen molar-refractivity contribution in [2.75, 3.05) is 31.6 Å². The van der Waals surface area contributed by atoms with Gasteiger partial charge in [0.05, 0.1) is 42.9 Å². The van der Waals surface area contributed by atoms with Gasteiger partial charge in [0, 0.05) is 18.5 Å². The molecule has 0 radical (unpaired) electrons. The van der Waals surface area contributed by atoms with Gasteiger partial charge in [-0.05, 0) is 24.8 Å². The Hall–Kier alpha value is -2.06. The van der Waals surface area contributed by atoms with Gasteiger partial charge >= 0.3 is 0 Å². The van der Waals surface area contributed by atoms with E-state index in [1.54, 1.807) is 17.4 Å². The van der Waals surface area contributed by atoms with Crippen molar-refractivity contribution in [2.45, 2.75) is 25.3 Å². The van der Waals surface area contributed by atoms with Gasteiger partial charge in [-0.1, -0.05) is 6.42 Å². The number of ether oxygens (including phenoxy) is 1. The topological polar surface area (TPSA) is 80.2 Å². The van der Waals surface area contributed by atoms with Gasteiger partial charge in [-0.2, -0.15) is 10.2 Å². The zero-order valence-corrected chi connectivity index (χ0v) is 14.7. The second kappa shape index (κ2) is 7.45. The lowest BCUT2D eigenvalue weighted by atomic mass is 9.86. The molecule has 1 N–H and O–H groups in total. The highest BCUT2D eigenvalue weighted by atomic mass is 32.1. The summed E-state index contributed by atoms with van der Waals surface area (Å²) in [5.74, 6) is 0.725. The molecule has 0 bridgehead atoms. The standard InChI is InChI=1S/C17H21N5O2S/c23-16(13-4-5-19-20-9-13)22-6-7-24-10-15(22)14-11-25-17(21-14)18-8-12-2-1-3-12/h4-5,9,11-12,15H,1-3,6-8,10H2,(H,18,21)/t15-/m1/s1. The van der Waals surface area contributed by atoms with Crippen LogP contribution < -0.4 is 5.32 Å². The Morgan fingerprint density at radius 2 is 2.32 bits per heavy atom. The number of anilines is 1. The Kier molecular flexibility index (Phi) is 4.89. The second-order valence-electron chi connectivity index (χ2n) is 6.48. The van der Waals surface area contributed by atoms with E-state index in [1.165, 1.54) is 31.7 Å². The molecule has 2 aromatic rings. The third kappa shape index (κ3) is 3.64. The van der Waals surface area contributed by atoms with Crippen LogP contribution in [0.15, 0.2) is 23.8 Å². The molecule has 2 aromatic heterocycles. The molecule has 0 spiro atoms. The van der Waals surface area contributed by atoms with Crippen LogP contribution in [-0.2, 0) is 4.74 Å². The fourth-order valence-corrected chi connectivity index (χ4v) is 3.89. The summed E-state index contributed by atoms with van der Waals surface area (Å²) in [6.07, 6.45) is 7.00. The number of rotatable bonds is 5. The molecule has 1 saturated carbocycles. The Labute approximate surface area is 150 Å². The van der Waals surface area contributed by atoms with Crippen molar-refractivity contribution in [3.05, 3.63) is 35.1 Å². The lowest BCUT2D eigenvalue weighted by Crippen LogP contribution is -2.43. The van der Waals surface area contributed by atoms with Crippen LogP contribution in [-0.4, -0.2) is 52.3 Å². The van der Waals surface area contributed by atoms with Crippen LogP contribution in [0.25, 0.3) is 0 Å². The summed E-state index contributed by atoms with van der Waals surface area (Å²) >= 11 is 1.59. The number of carbonyl (C=O) groups is 1. The summed E-state index contributed by atoms with van der Waals surface area (Å²) in [6.45, 7) is 2.54. The first kappa shape index (κ1) is 16.4. The third-order valence-electron chi connectivity index (χ3n) is 4.85. The zero-order valence-electron chi connectivity index (χ0n) is 13.9. The molecule has 0 unspecified atom stereocenters. The molecule has 2 fully saturated rings. The maximum atomic E-state index is 12.8. The van der Waals surface area contributed by atoms with Crippen LogP contribution in [0.5, 0.6) is 0 Å². The van der Waals surface area contributed by atoms with Crippen molar-refractivity contribution in [1.82, 2.24) is 20.1 Å². The van der Waals surface area contributed by atoms with E-state index in [9.17, 15) is 4.79 Å². The van der Waals surface area contributed by atoms with Gasteiger partial charge in [-0.3, -0.25) is 4.79 Å². The molecule has 132 valence electrons. The molecule has 1 aliphatic heterocycles. The largest absolute Gasteiger partial charge is 0.377 e. The molecule has 25 heavy (non-hydrogen) atoms. The number of carbonyl (C=O) groups excluding carboxylic acids is 1. The molecule has 0 aromatic carbocycles. The SMILES string of the molecule is O=C(c1ccnnc1)N1CCOC[C@@H]1c1csc(NCC2CCC2)n1. The zero-order chi connectivity index (χ0) is 17.1. The number of aromatic nitrogens is 3. The summed E-state index contributed by atoms with van der Waals surface area (Å²) in [6, 6.07) is 1.53. The molecule has 4 rings (SSSR count). The first-order valence-corrected chi connectivity index (χ1v) is 9.54. The molecule has 3 heterocycles. The Bertz CT molecular complexity index is 719. The van der Waals surface area contributed by atoms with E-state index >= 15 is 0 Å². The predicted molar refractivity (Wildman–Crippen MR) is 94.6 cm³/mol. The Morgan fingerprint density at radius 1 is 1.40 bits per heavy atom. The highest BCUT2D eigenvalue weighted by molar-refractivity contribution is 7.13. The van der Waals surface area contributed by atoms with Gasteiger partial charge in [0.25, 0.3) is 5.91 Å². The van der Waals surface area contributed by atoms with E-state index in [1.807, 2.05) is 10.3 Å². The highest BCUT2D eigenvalue weighted by Crippen LogP contribution is 2.30. The van der Waals surface area contributed by atoms with E-state index in [0.29, 0.717) is 25.3 Å². The molecular weight excluding hydrogens is 338 g/mol. The summed E-state index contributed by atoms with van der Waals surface area (Å²) < 4.78 is 5.61. The third-order valence-corrected chi connectivity index (χ3v) is 5.67. The molecule has 2 aliphatic rings. The fourth-order valence-electron chi connectivity index (χ4n) is 3.12. The maximum Gasteiger partial charge on any atom is 0.256 e. The van der Waals surface area contributed by atoms with Crippen LogP contribution in [0, 0.1) is 5.92 Å². The van der Waals surface area contributed by atoms with E-state index in [4.69, 9.17) is 9.72 Å². The normalized spacial score (nSPS) is 21.0. The van der Waals surface area contributed by atoms with Gasteiger partial charge in [0.1, 0.15) is 0 Å². The van der Waals surface area contributed by atoms with Crippen molar-refractivity contribution in [3.63, 3.8) is 0 Å². The summed E-state index contributed by atoms with van der Waals surface area (Å²) in [7, 11) is 0. The first-order valence-electron chi connectivity index (χ1n) is 8.66. The number of amides is 1. The smallest absolute Gasteiger partial charge is 0.256 e. The van der Waals surface area contributed by atoms with Crippen molar-refractivity contribution in [2.24, 2.45) is 5.92 Å². The van der Waals surface area contributed by atoms with Gasteiger partial charge in [-0.15, -0.1) is 11.3 Å². The van der Waals surface area contributed by atoms with Crippen LogP contribution >= 0.6 is 11.3 Å². The second-order valence-corrected chi connectivity index (χ2v) is 7.33. The number of thiazole rings is 1. The van der Waals surface area contributed by atoms with Gasteiger partial charge < -0.3 is 15.0 Å². The van der Waals surface area contributed by atoms with Crippen LogP contribution in [0.4, 0.5) is 5.13 Å². The molecule has 1 aliphatic carbocycles. The lowest BCUT2D eigenvalue weighted by Gasteiger charge is -2.34. The van der Waals surface area contributed by atoms with Gasteiger partial charge in [0.2, 0.25) is 0 Å². The molecule has 8 heteroatoms. The molecular formula is C17H21N5O2S. The monoisotopic (exact) mass is 359 g/mol. The number of nitrogens with one attached hydrogen (secondary N) is 1. The minimum absolute atomic E-state index is 0.0554. The average Bonchev–Trinajstić information content (AvgIpc) is 3.09. The summed E-state index contributed by atoms with van der Waals surface area (Å²) in [5.41, 5.74) is 1.43. The summed E-state index contributed by atoms with van der Waals surface area (Å²) in [4.78, 5) is 19.3. The van der Waals surface area contributed by atoms with E-state index < -0.39 is 0 Å². The summed E-state index contributed by atoms with van der Waals surface area (Å²) in [5, 5.41) is 13.9. The van der Waals surface area contributed by atoms with E-state index in [-0.39, 0.29) is 11.9 Å². The number of hydrogen-bond donors (Lipinski definition) is 1. The predicted octanol–water partition coefficient (Wildman–Crippen LogP) is 2.36. The van der Waals surface area contributed by atoms with E-state index in [2.05, 4.69) is 15.5 Å². The average molecular weight is 359 g/mol. The lowest BCUT2D eigenvalue weighted by molar-refractivity contribution is -0.00374. The molecule has 7 nitrogen and oxygen atoms in total. The minimum atomic E-state index is -0.162. The maximum absolute atomic E-state index is 12.8. The Balaban J connectivity index is 1.47. The quantitative estimate of drug-likeness (QED) is 0.883. The minimum Gasteiger partial charge on any atom is -0.377 e. The van der Waals surface area contributed by atoms with Crippen LogP contribution in [0.1, 0.15) is 41.4 Å². The van der Waals surface area contributed by atoms with Crippen molar-refractivity contribution in [3.8, 4) is 0 Å². The van der Waals surface area contributed by atoms with Crippen molar-refractivity contribution >= 4 is 22.4 Å².